The fourth-order valence-electron chi connectivity index (χ4n) is 2.86. The van der Waals surface area contributed by atoms with Crippen molar-refractivity contribution < 1.29 is 17.2 Å². The third kappa shape index (κ3) is 6.97. The number of alkyl halides is 2. The lowest BCUT2D eigenvalue weighted by molar-refractivity contribution is -0.0498. The molecule has 0 spiro atoms. The van der Waals surface area contributed by atoms with E-state index in [1.165, 1.54) is 6.26 Å². The monoisotopic (exact) mass is 311 g/mol. The molecule has 0 aromatic carbocycles. The summed E-state index contributed by atoms with van der Waals surface area (Å²) in [5.41, 5.74) is 0. The van der Waals surface area contributed by atoms with E-state index >= 15 is 0 Å². The Bertz CT molecular complexity index is 375. The molecule has 0 radical (unpaired) electrons. The van der Waals surface area contributed by atoms with Gasteiger partial charge in [-0.25, -0.2) is 17.2 Å². The first-order valence-electron chi connectivity index (χ1n) is 7.52. The molecule has 1 atom stereocenters. The predicted molar refractivity (Wildman–Crippen MR) is 77.9 cm³/mol. The lowest BCUT2D eigenvalue weighted by Gasteiger charge is -2.34. The molecule has 0 aromatic heterocycles. The molecule has 120 valence electrons. The quantitative estimate of drug-likeness (QED) is 0.749. The third-order valence-electron chi connectivity index (χ3n) is 4.02. The maximum Gasteiger partial charge on any atom is 0.248 e. The first kappa shape index (κ1) is 17.8. The zero-order valence-electron chi connectivity index (χ0n) is 12.5. The number of halogens is 2. The highest BCUT2D eigenvalue weighted by atomic mass is 32.2. The summed E-state index contributed by atoms with van der Waals surface area (Å²) < 4.78 is 48.7. The Hall–Kier alpha value is -0.230. The molecule has 0 amide bonds. The van der Waals surface area contributed by atoms with E-state index in [2.05, 4.69) is 12.2 Å². The molecule has 0 aromatic rings. The van der Waals surface area contributed by atoms with Crippen LogP contribution in [0, 0.1) is 5.92 Å². The molecule has 0 heterocycles. The topological polar surface area (TPSA) is 46.2 Å². The predicted octanol–water partition coefficient (Wildman–Crippen LogP) is 3.00. The van der Waals surface area contributed by atoms with Crippen molar-refractivity contribution in [3.8, 4) is 0 Å². The van der Waals surface area contributed by atoms with Crippen LogP contribution in [0.3, 0.4) is 0 Å². The van der Waals surface area contributed by atoms with E-state index in [1.807, 2.05) is 0 Å². The second-order valence-corrected chi connectivity index (χ2v) is 8.29. The third-order valence-corrected chi connectivity index (χ3v) is 5.05. The van der Waals surface area contributed by atoms with Gasteiger partial charge >= 0.3 is 0 Å². The maximum atomic E-state index is 13.2. The van der Waals surface area contributed by atoms with Crippen LogP contribution in [-0.4, -0.2) is 38.9 Å². The van der Waals surface area contributed by atoms with Gasteiger partial charge in [-0.3, -0.25) is 0 Å². The molecule has 1 fully saturated rings. The summed E-state index contributed by atoms with van der Waals surface area (Å²) in [6, 6.07) is 0.174. The Kier molecular flexibility index (Phi) is 6.85. The lowest BCUT2D eigenvalue weighted by atomic mass is 9.80. The summed E-state index contributed by atoms with van der Waals surface area (Å²) >= 11 is 0. The molecule has 0 saturated heterocycles. The van der Waals surface area contributed by atoms with Gasteiger partial charge < -0.3 is 5.32 Å². The van der Waals surface area contributed by atoms with Gasteiger partial charge in [-0.15, -0.1) is 0 Å². The van der Waals surface area contributed by atoms with Crippen molar-refractivity contribution in [2.24, 2.45) is 5.92 Å². The van der Waals surface area contributed by atoms with Crippen molar-refractivity contribution in [3.05, 3.63) is 0 Å². The first-order valence-corrected chi connectivity index (χ1v) is 9.58. The van der Waals surface area contributed by atoms with Crippen molar-refractivity contribution in [1.82, 2.24) is 5.32 Å². The molecule has 1 unspecified atom stereocenters. The molecule has 1 aliphatic carbocycles. The number of rotatable bonds is 8. The Morgan fingerprint density at radius 1 is 1.30 bits per heavy atom. The normalized spacial score (nSPS) is 21.8. The van der Waals surface area contributed by atoms with E-state index in [9.17, 15) is 17.2 Å². The van der Waals surface area contributed by atoms with Crippen LogP contribution in [0.5, 0.6) is 0 Å². The maximum absolute atomic E-state index is 13.2. The van der Waals surface area contributed by atoms with Gasteiger partial charge in [0.05, 0.1) is 0 Å². The van der Waals surface area contributed by atoms with Gasteiger partial charge in [0.25, 0.3) is 0 Å². The van der Waals surface area contributed by atoms with Gasteiger partial charge in [0.1, 0.15) is 9.84 Å². The Labute approximate surface area is 121 Å². The van der Waals surface area contributed by atoms with E-state index in [0.717, 1.165) is 19.4 Å². The minimum Gasteiger partial charge on any atom is -0.314 e. The average Bonchev–Trinajstić information content (AvgIpc) is 2.32. The fraction of sp³-hybridized carbons (Fsp3) is 1.00. The molecule has 1 saturated carbocycles. The molecule has 20 heavy (non-hydrogen) atoms. The van der Waals surface area contributed by atoms with E-state index < -0.39 is 15.8 Å². The summed E-state index contributed by atoms with van der Waals surface area (Å²) in [6.07, 6.45) is 4.59. The van der Waals surface area contributed by atoms with Gasteiger partial charge in [-0.05, 0) is 44.6 Å². The largest absolute Gasteiger partial charge is 0.314 e. The van der Waals surface area contributed by atoms with Gasteiger partial charge in [0, 0.05) is 30.9 Å². The van der Waals surface area contributed by atoms with Crippen molar-refractivity contribution in [3.63, 3.8) is 0 Å². The van der Waals surface area contributed by atoms with Crippen LogP contribution in [0.4, 0.5) is 8.78 Å². The average molecular weight is 311 g/mol. The van der Waals surface area contributed by atoms with Crippen molar-refractivity contribution in [1.29, 1.82) is 0 Å². The van der Waals surface area contributed by atoms with Crippen LogP contribution < -0.4 is 5.32 Å². The summed E-state index contributed by atoms with van der Waals surface area (Å²) in [6.45, 7) is 2.92. The SMILES string of the molecule is CCCNC(CCCS(C)(=O)=O)C1CCC(F)(F)CC1. The smallest absolute Gasteiger partial charge is 0.248 e. The first-order chi connectivity index (χ1) is 9.23. The zero-order valence-corrected chi connectivity index (χ0v) is 13.3. The molecule has 1 aliphatic rings. The number of nitrogens with one attached hydrogen (secondary N) is 1. The molecule has 0 aliphatic heterocycles. The van der Waals surface area contributed by atoms with Crippen LogP contribution in [0.1, 0.15) is 51.9 Å². The van der Waals surface area contributed by atoms with Gasteiger partial charge in [0.2, 0.25) is 5.92 Å². The van der Waals surface area contributed by atoms with Crippen LogP contribution in [0.25, 0.3) is 0 Å². The second-order valence-electron chi connectivity index (χ2n) is 6.03. The number of hydrogen-bond donors (Lipinski definition) is 1. The highest BCUT2D eigenvalue weighted by molar-refractivity contribution is 7.90. The minimum atomic E-state index is -2.94. The summed E-state index contributed by atoms with van der Waals surface area (Å²) in [5, 5.41) is 3.41. The number of sulfone groups is 1. The summed E-state index contributed by atoms with van der Waals surface area (Å²) in [7, 11) is -2.94. The molecule has 1 rings (SSSR count). The molecule has 3 nitrogen and oxygen atoms in total. The fourth-order valence-corrected chi connectivity index (χ4v) is 3.56. The van der Waals surface area contributed by atoms with Crippen LogP contribution in [0.2, 0.25) is 0 Å². The van der Waals surface area contributed by atoms with Crippen molar-refractivity contribution in [2.75, 3.05) is 18.6 Å². The Balaban J connectivity index is 2.47. The van der Waals surface area contributed by atoms with Gasteiger partial charge in [0.15, 0.2) is 0 Å². The molecule has 0 bridgehead atoms. The standard InChI is InChI=1S/C14H27F2NO2S/c1-3-10-17-13(5-4-11-20(2,18)19)12-6-8-14(15,16)9-7-12/h12-13,17H,3-11H2,1-2H3. The highest BCUT2D eigenvalue weighted by Crippen LogP contribution is 2.38. The lowest BCUT2D eigenvalue weighted by Crippen LogP contribution is -2.40. The molecular weight excluding hydrogens is 284 g/mol. The summed E-state index contributed by atoms with van der Waals surface area (Å²) in [5.74, 6) is -2.07. The van der Waals surface area contributed by atoms with E-state index in [1.54, 1.807) is 0 Å². The van der Waals surface area contributed by atoms with Crippen LogP contribution in [-0.2, 0) is 9.84 Å². The molecular formula is C14H27F2NO2S. The van der Waals surface area contributed by atoms with E-state index in [-0.39, 0.29) is 30.6 Å². The Morgan fingerprint density at radius 3 is 2.40 bits per heavy atom. The van der Waals surface area contributed by atoms with Gasteiger partial charge in [-0.1, -0.05) is 6.92 Å². The number of hydrogen-bond acceptors (Lipinski definition) is 3. The highest BCUT2D eigenvalue weighted by Gasteiger charge is 2.37. The summed E-state index contributed by atoms with van der Waals surface area (Å²) in [4.78, 5) is 0. The van der Waals surface area contributed by atoms with Crippen molar-refractivity contribution in [2.45, 2.75) is 63.8 Å². The minimum absolute atomic E-state index is 0.0337. The Morgan fingerprint density at radius 2 is 1.90 bits per heavy atom. The van der Waals surface area contributed by atoms with Crippen molar-refractivity contribution >= 4 is 9.84 Å². The van der Waals surface area contributed by atoms with Gasteiger partial charge in [-0.2, -0.15) is 0 Å². The van der Waals surface area contributed by atoms with Crippen LogP contribution in [0.15, 0.2) is 0 Å². The molecule has 6 heteroatoms. The van der Waals surface area contributed by atoms with E-state index in [4.69, 9.17) is 0 Å². The zero-order chi connectivity index (χ0) is 15.2. The second kappa shape index (κ2) is 7.69. The van der Waals surface area contributed by atoms with E-state index in [0.29, 0.717) is 19.3 Å². The molecule has 1 N–H and O–H groups in total. The van der Waals surface area contributed by atoms with Crippen LogP contribution >= 0.6 is 0 Å².